The van der Waals surface area contributed by atoms with E-state index >= 15 is 0 Å². The van der Waals surface area contributed by atoms with E-state index in [0.29, 0.717) is 15.8 Å². The second-order valence-corrected chi connectivity index (χ2v) is 7.45. The summed E-state index contributed by atoms with van der Waals surface area (Å²) >= 11 is 5.22. The molecule has 1 rings (SSSR count). The minimum Gasteiger partial charge on any atom is -0.313 e. The van der Waals surface area contributed by atoms with E-state index < -0.39 is 0 Å². The number of thioether (sulfide) groups is 1. The molecule has 0 amide bonds. The summed E-state index contributed by atoms with van der Waals surface area (Å²) in [5.74, 6) is 0.894. The lowest BCUT2D eigenvalue weighted by atomic mass is 10.1. The lowest BCUT2D eigenvalue weighted by molar-refractivity contribution is 0.548. The maximum atomic E-state index is 13.2. The molecule has 1 aromatic carbocycles. The van der Waals surface area contributed by atoms with E-state index in [9.17, 15) is 4.39 Å². The van der Waals surface area contributed by atoms with E-state index in [-0.39, 0.29) is 5.82 Å². The fourth-order valence-corrected chi connectivity index (χ4v) is 3.08. The third-order valence-corrected chi connectivity index (χ3v) is 4.65. The molecule has 1 aromatic rings. The van der Waals surface area contributed by atoms with Crippen molar-refractivity contribution in [1.82, 2.24) is 5.32 Å². The van der Waals surface area contributed by atoms with Crippen LogP contribution in [-0.4, -0.2) is 23.6 Å². The van der Waals surface area contributed by atoms with Crippen molar-refractivity contribution in [2.24, 2.45) is 0 Å². The number of benzene rings is 1. The Morgan fingerprint density at radius 2 is 2.11 bits per heavy atom. The van der Waals surface area contributed by atoms with E-state index in [4.69, 9.17) is 0 Å². The third kappa shape index (κ3) is 6.77. The molecule has 0 saturated carbocycles. The van der Waals surface area contributed by atoms with Crippen LogP contribution in [0.2, 0.25) is 0 Å². The molecule has 1 unspecified atom stereocenters. The maximum absolute atomic E-state index is 13.2. The Balaban J connectivity index is 2.61. The molecule has 19 heavy (non-hydrogen) atoms. The number of hydrogen-bond acceptors (Lipinski definition) is 2. The second-order valence-electron chi connectivity index (χ2n) is 4.99. The number of nitrogens with one attached hydrogen (secondary N) is 1. The molecule has 108 valence electrons. The fourth-order valence-electron chi connectivity index (χ4n) is 1.80. The molecular weight excluding hydrogens is 325 g/mol. The van der Waals surface area contributed by atoms with Gasteiger partial charge < -0.3 is 5.32 Å². The molecule has 0 bridgehead atoms. The summed E-state index contributed by atoms with van der Waals surface area (Å²) < 4.78 is 13.8. The SMILES string of the molecule is CCCNC(CSC(C)C)Cc1ccc(F)c(Br)c1. The Hall–Kier alpha value is -0.0600. The van der Waals surface area contributed by atoms with Gasteiger partial charge in [0.2, 0.25) is 0 Å². The van der Waals surface area contributed by atoms with E-state index in [1.807, 2.05) is 23.9 Å². The van der Waals surface area contributed by atoms with Crippen LogP contribution in [0.5, 0.6) is 0 Å². The molecule has 1 nitrogen and oxygen atoms in total. The van der Waals surface area contributed by atoms with Gasteiger partial charge >= 0.3 is 0 Å². The van der Waals surface area contributed by atoms with Crippen LogP contribution in [0.15, 0.2) is 22.7 Å². The summed E-state index contributed by atoms with van der Waals surface area (Å²) in [4.78, 5) is 0. The van der Waals surface area contributed by atoms with E-state index in [1.54, 1.807) is 0 Å². The number of halogens is 2. The number of rotatable bonds is 8. The molecule has 0 saturated heterocycles. The van der Waals surface area contributed by atoms with Crippen LogP contribution < -0.4 is 5.32 Å². The van der Waals surface area contributed by atoms with Crippen LogP contribution in [0.25, 0.3) is 0 Å². The van der Waals surface area contributed by atoms with Gasteiger partial charge in [0, 0.05) is 11.8 Å². The normalized spacial score (nSPS) is 12.9. The first kappa shape index (κ1) is 17.0. The van der Waals surface area contributed by atoms with Gasteiger partial charge in [0.25, 0.3) is 0 Å². The van der Waals surface area contributed by atoms with Crippen LogP contribution >= 0.6 is 27.7 Å². The van der Waals surface area contributed by atoms with E-state index in [0.717, 1.165) is 25.1 Å². The fraction of sp³-hybridized carbons (Fsp3) is 0.600. The Morgan fingerprint density at radius 1 is 1.37 bits per heavy atom. The summed E-state index contributed by atoms with van der Waals surface area (Å²) in [7, 11) is 0. The predicted octanol–water partition coefficient (Wildman–Crippen LogP) is 4.64. The van der Waals surface area contributed by atoms with Crippen molar-refractivity contribution < 1.29 is 4.39 Å². The van der Waals surface area contributed by atoms with Crippen LogP contribution in [0, 0.1) is 5.82 Å². The maximum Gasteiger partial charge on any atom is 0.137 e. The highest BCUT2D eigenvalue weighted by molar-refractivity contribution is 9.10. The molecule has 0 spiro atoms. The lowest BCUT2D eigenvalue weighted by Crippen LogP contribution is -2.34. The minimum atomic E-state index is -0.196. The molecule has 0 aromatic heterocycles. The molecule has 0 aliphatic rings. The first-order valence-electron chi connectivity index (χ1n) is 6.81. The standard InChI is InChI=1S/C15H23BrFNS/c1-4-7-18-13(10-19-11(2)3)8-12-5-6-15(17)14(16)9-12/h5-6,9,11,13,18H,4,7-8,10H2,1-3H3. The molecule has 1 atom stereocenters. The summed E-state index contributed by atoms with van der Waals surface area (Å²) in [5.41, 5.74) is 1.17. The van der Waals surface area contributed by atoms with Gasteiger partial charge in [0.1, 0.15) is 5.82 Å². The van der Waals surface area contributed by atoms with Crippen LogP contribution in [0.4, 0.5) is 4.39 Å². The highest BCUT2D eigenvalue weighted by atomic mass is 79.9. The molecular formula is C15H23BrFNS. The Kier molecular flexibility index (Phi) is 8.03. The first-order valence-corrected chi connectivity index (χ1v) is 8.66. The second kappa shape index (κ2) is 8.98. The molecule has 4 heteroatoms. The van der Waals surface area contributed by atoms with Crippen molar-refractivity contribution in [3.8, 4) is 0 Å². The Bertz CT molecular complexity index is 384. The highest BCUT2D eigenvalue weighted by Crippen LogP contribution is 2.19. The summed E-state index contributed by atoms with van der Waals surface area (Å²) in [5, 5.41) is 4.22. The molecule has 1 N–H and O–H groups in total. The van der Waals surface area contributed by atoms with Gasteiger partial charge in [-0.1, -0.05) is 26.8 Å². The molecule has 0 heterocycles. The van der Waals surface area contributed by atoms with Crippen LogP contribution in [-0.2, 0) is 6.42 Å². The highest BCUT2D eigenvalue weighted by Gasteiger charge is 2.11. The summed E-state index contributed by atoms with van der Waals surface area (Å²) in [6, 6.07) is 5.74. The zero-order valence-corrected chi connectivity index (χ0v) is 14.3. The minimum absolute atomic E-state index is 0.196. The van der Waals surface area contributed by atoms with Crippen molar-refractivity contribution in [2.75, 3.05) is 12.3 Å². The predicted molar refractivity (Wildman–Crippen MR) is 87.5 cm³/mol. The topological polar surface area (TPSA) is 12.0 Å². The summed E-state index contributed by atoms with van der Waals surface area (Å²) in [6.07, 6.45) is 2.08. The zero-order valence-electron chi connectivity index (χ0n) is 11.9. The third-order valence-electron chi connectivity index (χ3n) is 2.78. The van der Waals surface area contributed by atoms with Gasteiger partial charge in [-0.3, -0.25) is 0 Å². The van der Waals surface area contributed by atoms with Gasteiger partial charge in [-0.05, 0) is 58.3 Å². The average Bonchev–Trinajstić information content (AvgIpc) is 2.37. The largest absolute Gasteiger partial charge is 0.313 e. The van der Waals surface area contributed by atoms with E-state index in [1.165, 1.54) is 11.6 Å². The quantitative estimate of drug-likeness (QED) is 0.734. The first-order chi connectivity index (χ1) is 9.02. The van der Waals surface area contributed by atoms with Gasteiger partial charge in [0.15, 0.2) is 0 Å². The van der Waals surface area contributed by atoms with Gasteiger partial charge in [0.05, 0.1) is 4.47 Å². The monoisotopic (exact) mass is 347 g/mol. The smallest absolute Gasteiger partial charge is 0.137 e. The van der Waals surface area contributed by atoms with Crippen LogP contribution in [0.3, 0.4) is 0 Å². The molecule has 0 radical (unpaired) electrons. The molecule has 0 aliphatic heterocycles. The van der Waals surface area contributed by atoms with Crippen molar-refractivity contribution in [1.29, 1.82) is 0 Å². The van der Waals surface area contributed by atoms with E-state index in [2.05, 4.69) is 42.0 Å². The van der Waals surface area contributed by atoms with Crippen molar-refractivity contribution in [2.45, 2.75) is 44.9 Å². The molecule has 0 aliphatic carbocycles. The molecule has 0 fully saturated rings. The Labute approximate surface area is 128 Å². The summed E-state index contributed by atoms with van der Waals surface area (Å²) in [6.45, 7) is 7.64. The van der Waals surface area contributed by atoms with Gasteiger partial charge in [-0.15, -0.1) is 0 Å². The Morgan fingerprint density at radius 3 is 2.68 bits per heavy atom. The number of hydrogen-bond donors (Lipinski definition) is 1. The lowest BCUT2D eigenvalue weighted by Gasteiger charge is -2.19. The van der Waals surface area contributed by atoms with Gasteiger partial charge in [-0.25, -0.2) is 4.39 Å². The average molecular weight is 348 g/mol. The van der Waals surface area contributed by atoms with Crippen molar-refractivity contribution in [3.63, 3.8) is 0 Å². The van der Waals surface area contributed by atoms with Crippen molar-refractivity contribution in [3.05, 3.63) is 34.1 Å². The van der Waals surface area contributed by atoms with Gasteiger partial charge in [-0.2, -0.15) is 11.8 Å². The zero-order chi connectivity index (χ0) is 14.3. The van der Waals surface area contributed by atoms with Crippen LogP contribution in [0.1, 0.15) is 32.8 Å². The van der Waals surface area contributed by atoms with Crippen molar-refractivity contribution >= 4 is 27.7 Å².